The fourth-order valence-corrected chi connectivity index (χ4v) is 3.28. The minimum Gasteiger partial charge on any atom is -0.380 e. The maximum atomic E-state index is 12.7. The topological polar surface area (TPSA) is 58.6 Å². The van der Waals surface area contributed by atoms with Crippen LogP contribution in [0.4, 0.5) is 0 Å². The molecule has 1 saturated heterocycles. The Hall–Kier alpha value is -1.10. The van der Waals surface area contributed by atoms with Gasteiger partial charge in [-0.05, 0) is 33.1 Å². The van der Waals surface area contributed by atoms with Crippen molar-refractivity contribution in [3.63, 3.8) is 0 Å². The standard InChI is InChI=1S/C15H26N2O3/c1-4-10-20-11-9-17-13(19)14(2,3)16-12(18)15(17)7-5-6-8-15/h4-11H2,1-3H3,(H,16,18). The van der Waals surface area contributed by atoms with Crippen LogP contribution < -0.4 is 5.32 Å². The molecule has 0 bridgehead atoms. The highest BCUT2D eigenvalue weighted by atomic mass is 16.5. The molecule has 0 aromatic rings. The zero-order valence-electron chi connectivity index (χ0n) is 12.8. The molecule has 0 radical (unpaired) electrons. The van der Waals surface area contributed by atoms with Gasteiger partial charge in [0.05, 0.1) is 6.61 Å². The van der Waals surface area contributed by atoms with Gasteiger partial charge in [-0.2, -0.15) is 0 Å². The Morgan fingerprint density at radius 1 is 1.20 bits per heavy atom. The number of carbonyl (C=O) groups is 2. The van der Waals surface area contributed by atoms with E-state index in [0.29, 0.717) is 19.8 Å². The van der Waals surface area contributed by atoms with Crippen molar-refractivity contribution in [2.24, 2.45) is 0 Å². The smallest absolute Gasteiger partial charge is 0.248 e. The average molecular weight is 282 g/mol. The van der Waals surface area contributed by atoms with Gasteiger partial charge in [-0.1, -0.05) is 19.8 Å². The summed E-state index contributed by atoms with van der Waals surface area (Å²) < 4.78 is 5.51. The monoisotopic (exact) mass is 282 g/mol. The third kappa shape index (κ3) is 2.55. The van der Waals surface area contributed by atoms with Crippen LogP contribution in [-0.4, -0.2) is 47.6 Å². The summed E-state index contributed by atoms with van der Waals surface area (Å²) in [5.41, 5.74) is -1.43. The van der Waals surface area contributed by atoms with Gasteiger partial charge in [-0.25, -0.2) is 0 Å². The SMILES string of the molecule is CCCOCCN1C(=O)C(C)(C)NC(=O)C12CCCC2. The molecular weight excluding hydrogens is 256 g/mol. The molecule has 0 aromatic heterocycles. The minimum atomic E-state index is -0.810. The van der Waals surface area contributed by atoms with Crippen molar-refractivity contribution < 1.29 is 14.3 Å². The highest BCUT2D eigenvalue weighted by molar-refractivity contribution is 6.02. The summed E-state index contributed by atoms with van der Waals surface area (Å²) in [6.45, 7) is 7.32. The highest BCUT2D eigenvalue weighted by Gasteiger charge is 2.55. The predicted molar refractivity (Wildman–Crippen MR) is 76.2 cm³/mol. The van der Waals surface area contributed by atoms with Crippen molar-refractivity contribution in [2.45, 2.75) is 64.0 Å². The van der Waals surface area contributed by atoms with Crippen LogP contribution in [0.2, 0.25) is 0 Å². The largest absolute Gasteiger partial charge is 0.380 e. The normalized spacial score (nSPS) is 24.2. The molecule has 20 heavy (non-hydrogen) atoms. The van der Waals surface area contributed by atoms with E-state index in [1.165, 1.54) is 0 Å². The van der Waals surface area contributed by atoms with Gasteiger partial charge in [-0.15, -0.1) is 0 Å². The third-order valence-electron chi connectivity index (χ3n) is 4.38. The zero-order chi connectivity index (χ0) is 14.8. The second-order valence-corrected chi connectivity index (χ2v) is 6.39. The van der Waals surface area contributed by atoms with Gasteiger partial charge in [0.15, 0.2) is 0 Å². The van der Waals surface area contributed by atoms with E-state index in [-0.39, 0.29) is 11.8 Å². The molecule has 2 amide bonds. The van der Waals surface area contributed by atoms with Gasteiger partial charge in [-0.3, -0.25) is 9.59 Å². The van der Waals surface area contributed by atoms with Crippen molar-refractivity contribution in [1.29, 1.82) is 0 Å². The first-order chi connectivity index (χ1) is 9.44. The Kier molecular flexibility index (Phi) is 4.37. The van der Waals surface area contributed by atoms with Crippen molar-refractivity contribution in [3.8, 4) is 0 Å². The second kappa shape index (κ2) is 5.72. The van der Waals surface area contributed by atoms with Crippen LogP contribution in [0.25, 0.3) is 0 Å². The average Bonchev–Trinajstić information content (AvgIpc) is 2.86. The van der Waals surface area contributed by atoms with Crippen LogP contribution in [-0.2, 0) is 14.3 Å². The van der Waals surface area contributed by atoms with Gasteiger partial charge in [0, 0.05) is 13.2 Å². The molecule has 0 atom stereocenters. The van der Waals surface area contributed by atoms with E-state index in [0.717, 1.165) is 32.1 Å². The maximum Gasteiger partial charge on any atom is 0.248 e. The number of nitrogens with one attached hydrogen (secondary N) is 1. The summed E-state index contributed by atoms with van der Waals surface area (Å²) in [7, 11) is 0. The lowest BCUT2D eigenvalue weighted by Gasteiger charge is -2.49. The molecule has 114 valence electrons. The number of hydrogen-bond acceptors (Lipinski definition) is 3. The maximum absolute atomic E-state index is 12.7. The molecule has 1 aliphatic carbocycles. The molecule has 5 heteroatoms. The molecule has 0 aromatic carbocycles. The zero-order valence-corrected chi connectivity index (χ0v) is 12.8. The molecule has 1 saturated carbocycles. The molecule has 1 N–H and O–H groups in total. The van der Waals surface area contributed by atoms with Gasteiger partial charge in [0.1, 0.15) is 11.1 Å². The number of amides is 2. The number of ether oxygens (including phenoxy) is 1. The first-order valence-electron chi connectivity index (χ1n) is 7.66. The molecule has 0 unspecified atom stereocenters. The lowest BCUT2D eigenvalue weighted by Crippen LogP contribution is -2.73. The summed E-state index contributed by atoms with van der Waals surface area (Å²) in [5, 5.41) is 2.90. The molecule has 2 fully saturated rings. The molecule has 2 aliphatic rings. The quantitative estimate of drug-likeness (QED) is 0.777. The summed E-state index contributed by atoms with van der Waals surface area (Å²) in [4.78, 5) is 27.0. The Morgan fingerprint density at radius 2 is 1.85 bits per heavy atom. The number of carbonyl (C=O) groups excluding carboxylic acids is 2. The van der Waals surface area contributed by atoms with Gasteiger partial charge in [0.2, 0.25) is 11.8 Å². The Balaban J connectivity index is 2.16. The third-order valence-corrected chi connectivity index (χ3v) is 4.38. The fourth-order valence-electron chi connectivity index (χ4n) is 3.28. The van der Waals surface area contributed by atoms with E-state index in [2.05, 4.69) is 12.2 Å². The van der Waals surface area contributed by atoms with Gasteiger partial charge < -0.3 is 15.0 Å². The Bertz CT molecular complexity index is 387. The van der Waals surface area contributed by atoms with E-state index in [4.69, 9.17) is 4.74 Å². The first-order valence-corrected chi connectivity index (χ1v) is 7.66. The molecular formula is C15H26N2O3. The molecule has 2 rings (SSSR count). The van der Waals surface area contributed by atoms with Crippen molar-refractivity contribution in [3.05, 3.63) is 0 Å². The van der Waals surface area contributed by atoms with Crippen LogP contribution in [0.5, 0.6) is 0 Å². The molecule has 1 aliphatic heterocycles. The van der Waals surface area contributed by atoms with Crippen molar-refractivity contribution in [2.75, 3.05) is 19.8 Å². The van der Waals surface area contributed by atoms with Crippen LogP contribution in [0.1, 0.15) is 52.9 Å². The number of hydrogen-bond donors (Lipinski definition) is 1. The number of piperazine rings is 1. The Labute approximate surface area is 121 Å². The van der Waals surface area contributed by atoms with Crippen LogP contribution in [0, 0.1) is 0 Å². The van der Waals surface area contributed by atoms with E-state index in [9.17, 15) is 9.59 Å². The number of nitrogens with zero attached hydrogens (tertiary/aromatic N) is 1. The van der Waals surface area contributed by atoms with E-state index < -0.39 is 11.1 Å². The highest BCUT2D eigenvalue weighted by Crippen LogP contribution is 2.39. The first kappa shape index (κ1) is 15.3. The lowest BCUT2D eigenvalue weighted by molar-refractivity contribution is -0.162. The minimum absolute atomic E-state index is 0.00934. The second-order valence-electron chi connectivity index (χ2n) is 6.39. The molecule has 1 heterocycles. The van der Waals surface area contributed by atoms with Gasteiger partial charge >= 0.3 is 0 Å². The summed E-state index contributed by atoms with van der Waals surface area (Å²) in [6.07, 6.45) is 4.52. The van der Waals surface area contributed by atoms with Crippen molar-refractivity contribution >= 4 is 11.8 Å². The Morgan fingerprint density at radius 3 is 2.45 bits per heavy atom. The summed E-state index contributed by atoms with van der Waals surface area (Å²) >= 11 is 0. The predicted octanol–water partition coefficient (Wildman–Crippen LogP) is 1.46. The molecule has 1 spiro atoms. The fraction of sp³-hybridized carbons (Fsp3) is 0.867. The number of rotatable bonds is 5. The van der Waals surface area contributed by atoms with Crippen LogP contribution >= 0.6 is 0 Å². The molecule has 5 nitrogen and oxygen atoms in total. The van der Waals surface area contributed by atoms with Gasteiger partial charge in [0.25, 0.3) is 0 Å². The van der Waals surface area contributed by atoms with E-state index in [1.54, 1.807) is 18.7 Å². The lowest BCUT2D eigenvalue weighted by atomic mass is 9.85. The van der Waals surface area contributed by atoms with Crippen molar-refractivity contribution in [1.82, 2.24) is 10.2 Å². The summed E-state index contributed by atoms with van der Waals surface area (Å²) in [6, 6.07) is 0. The summed E-state index contributed by atoms with van der Waals surface area (Å²) in [5.74, 6) is 0.0224. The van der Waals surface area contributed by atoms with E-state index >= 15 is 0 Å². The van der Waals surface area contributed by atoms with E-state index in [1.807, 2.05) is 0 Å². The van der Waals surface area contributed by atoms with Crippen LogP contribution in [0.15, 0.2) is 0 Å². The van der Waals surface area contributed by atoms with Crippen LogP contribution in [0.3, 0.4) is 0 Å².